The number of aromatic nitrogens is 1. The summed E-state index contributed by atoms with van der Waals surface area (Å²) >= 11 is 1.72. The lowest BCUT2D eigenvalue weighted by molar-refractivity contribution is 0.894. The van der Waals surface area contributed by atoms with E-state index in [1.54, 1.807) is 11.3 Å². The summed E-state index contributed by atoms with van der Waals surface area (Å²) in [4.78, 5) is 4.64. The molecule has 1 heterocycles. The molecule has 0 unspecified atom stereocenters. The van der Waals surface area contributed by atoms with Crippen molar-refractivity contribution >= 4 is 17.0 Å². The molecule has 2 aromatic rings. The van der Waals surface area contributed by atoms with Crippen molar-refractivity contribution in [1.82, 2.24) is 4.98 Å². The zero-order valence-electron chi connectivity index (χ0n) is 9.66. The minimum absolute atomic E-state index is 1.07. The fourth-order valence-corrected chi connectivity index (χ4v) is 2.47. The summed E-state index contributed by atoms with van der Waals surface area (Å²) in [5, 5.41) is 6.42. The highest BCUT2D eigenvalue weighted by molar-refractivity contribution is 7.13. The van der Waals surface area contributed by atoms with Gasteiger partial charge in [0.25, 0.3) is 0 Å². The number of hydrogen-bond acceptors (Lipinski definition) is 3. The molecule has 1 aromatic heterocycles. The van der Waals surface area contributed by atoms with Crippen molar-refractivity contribution in [2.75, 3.05) is 12.4 Å². The summed E-state index contributed by atoms with van der Waals surface area (Å²) in [7, 11) is 1.93. The molecule has 0 spiro atoms. The molecule has 0 saturated carbocycles. The average Bonchev–Trinajstić information content (AvgIpc) is 2.78. The summed E-state index contributed by atoms with van der Waals surface area (Å²) < 4.78 is 0. The molecule has 1 aromatic carbocycles. The summed E-state index contributed by atoms with van der Waals surface area (Å²) in [6.45, 7) is 2.18. The smallest absolute Gasteiger partial charge is 0.123 e. The van der Waals surface area contributed by atoms with Crippen LogP contribution in [-0.4, -0.2) is 12.0 Å². The third-order valence-electron chi connectivity index (χ3n) is 2.46. The second-order valence-electron chi connectivity index (χ2n) is 3.72. The van der Waals surface area contributed by atoms with Gasteiger partial charge in [-0.05, 0) is 18.6 Å². The molecule has 2 rings (SSSR count). The highest BCUT2D eigenvalue weighted by Crippen LogP contribution is 2.26. The first-order valence-electron chi connectivity index (χ1n) is 5.56. The Balaban J connectivity index is 2.27. The number of anilines is 1. The van der Waals surface area contributed by atoms with Crippen molar-refractivity contribution in [2.45, 2.75) is 19.8 Å². The first-order valence-corrected chi connectivity index (χ1v) is 6.44. The Labute approximate surface area is 100 Å². The standard InChI is InChI=1S/C13H16N2S/c1-3-5-12-9-16-13(15-12)10-6-4-7-11(8-10)14-2/h4,6-9,14H,3,5H2,1-2H3. The molecule has 2 nitrogen and oxygen atoms in total. The third kappa shape index (κ3) is 2.42. The number of benzene rings is 1. The number of rotatable bonds is 4. The first-order chi connectivity index (χ1) is 7.83. The molecule has 84 valence electrons. The van der Waals surface area contributed by atoms with E-state index in [1.165, 1.54) is 11.3 Å². The predicted molar refractivity (Wildman–Crippen MR) is 71.1 cm³/mol. The van der Waals surface area contributed by atoms with Gasteiger partial charge < -0.3 is 5.32 Å². The highest BCUT2D eigenvalue weighted by Gasteiger charge is 2.04. The largest absolute Gasteiger partial charge is 0.388 e. The van der Waals surface area contributed by atoms with Crippen molar-refractivity contribution in [1.29, 1.82) is 0 Å². The van der Waals surface area contributed by atoms with E-state index in [9.17, 15) is 0 Å². The van der Waals surface area contributed by atoms with Gasteiger partial charge in [0.1, 0.15) is 5.01 Å². The molecule has 0 amide bonds. The molecule has 0 aliphatic heterocycles. The van der Waals surface area contributed by atoms with Gasteiger partial charge in [0.2, 0.25) is 0 Å². The molecule has 0 fully saturated rings. The van der Waals surface area contributed by atoms with Crippen LogP contribution in [0.15, 0.2) is 29.6 Å². The Morgan fingerprint density at radius 3 is 3.00 bits per heavy atom. The van der Waals surface area contributed by atoms with Crippen molar-refractivity contribution < 1.29 is 0 Å². The van der Waals surface area contributed by atoms with Gasteiger partial charge in [0.15, 0.2) is 0 Å². The van der Waals surface area contributed by atoms with E-state index in [0.29, 0.717) is 0 Å². The van der Waals surface area contributed by atoms with Crippen LogP contribution in [0.3, 0.4) is 0 Å². The maximum atomic E-state index is 4.64. The maximum Gasteiger partial charge on any atom is 0.123 e. The molecular formula is C13H16N2S. The van der Waals surface area contributed by atoms with Crippen LogP contribution in [0.5, 0.6) is 0 Å². The molecular weight excluding hydrogens is 216 g/mol. The zero-order chi connectivity index (χ0) is 11.4. The van der Waals surface area contributed by atoms with Gasteiger partial charge >= 0.3 is 0 Å². The van der Waals surface area contributed by atoms with Crippen LogP contribution < -0.4 is 5.32 Å². The van der Waals surface area contributed by atoms with E-state index in [0.717, 1.165) is 23.5 Å². The van der Waals surface area contributed by atoms with E-state index >= 15 is 0 Å². The van der Waals surface area contributed by atoms with Crippen LogP contribution in [0.2, 0.25) is 0 Å². The Morgan fingerprint density at radius 2 is 2.25 bits per heavy atom. The molecule has 3 heteroatoms. The quantitative estimate of drug-likeness (QED) is 0.867. The van der Waals surface area contributed by atoms with Crippen molar-refractivity contribution in [3.63, 3.8) is 0 Å². The summed E-state index contributed by atoms with van der Waals surface area (Å²) in [6.07, 6.45) is 2.22. The maximum absolute atomic E-state index is 4.64. The average molecular weight is 232 g/mol. The SMILES string of the molecule is CCCc1csc(-c2cccc(NC)c2)n1. The lowest BCUT2D eigenvalue weighted by Crippen LogP contribution is -1.88. The van der Waals surface area contributed by atoms with Gasteiger partial charge in [-0.1, -0.05) is 25.5 Å². The molecule has 0 atom stereocenters. The molecule has 0 radical (unpaired) electrons. The Hall–Kier alpha value is -1.35. The lowest BCUT2D eigenvalue weighted by Gasteiger charge is -2.01. The number of thiazole rings is 1. The third-order valence-corrected chi connectivity index (χ3v) is 3.40. The summed E-state index contributed by atoms with van der Waals surface area (Å²) in [6, 6.07) is 8.36. The Morgan fingerprint density at radius 1 is 1.38 bits per heavy atom. The fraction of sp³-hybridized carbons (Fsp3) is 0.308. The topological polar surface area (TPSA) is 24.9 Å². The van der Waals surface area contributed by atoms with Crippen LogP contribution in [0.25, 0.3) is 10.6 Å². The van der Waals surface area contributed by atoms with Gasteiger partial charge in [-0.15, -0.1) is 11.3 Å². The molecule has 0 bridgehead atoms. The molecule has 1 N–H and O–H groups in total. The lowest BCUT2D eigenvalue weighted by atomic mass is 10.2. The van der Waals surface area contributed by atoms with Gasteiger partial charge in [0, 0.05) is 23.7 Å². The minimum atomic E-state index is 1.07. The van der Waals surface area contributed by atoms with E-state index in [-0.39, 0.29) is 0 Å². The van der Waals surface area contributed by atoms with Gasteiger partial charge in [-0.2, -0.15) is 0 Å². The van der Waals surface area contributed by atoms with Gasteiger partial charge in [0.05, 0.1) is 5.69 Å². The molecule has 0 aliphatic rings. The van der Waals surface area contributed by atoms with E-state index < -0.39 is 0 Å². The number of hydrogen-bond donors (Lipinski definition) is 1. The fourth-order valence-electron chi connectivity index (χ4n) is 1.62. The second kappa shape index (κ2) is 5.12. The Kier molecular flexibility index (Phi) is 3.57. The first kappa shape index (κ1) is 11.1. The zero-order valence-corrected chi connectivity index (χ0v) is 10.5. The molecule has 16 heavy (non-hydrogen) atoms. The van der Waals surface area contributed by atoms with E-state index in [2.05, 4.69) is 46.9 Å². The summed E-state index contributed by atoms with van der Waals surface area (Å²) in [5.74, 6) is 0. The number of nitrogens with one attached hydrogen (secondary N) is 1. The molecule has 0 aliphatic carbocycles. The normalized spacial score (nSPS) is 10.4. The number of aryl methyl sites for hydroxylation is 1. The van der Waals surface area contributed by atoms with Gasteiger partial charge in [-0.25, -0.2) is 4.98 Å². The summed E-state index contributed by atoms with van der Waals surface area (Å²) in [5.41, 5.74) is 3.53. The second-order valence-corrected chi connectivity index (χ2v) is 4.58. The van der Waals surface area contributed by atoms with E-state index in [4.69, 9.17) is 0 Å². The van der Waals surface area contributed by atoms with Crippen LogP contribution >= 0.6 is 11.3 Å². The van der Waals surface area contributed by atoms with Gasteiger partial charge in [-0.3, -0.25) is 0 Å². The van der Waals surface area contributed by atoms with Crippen LogP contribution in [0.4, 0.5) is 5.69 Å². The monoisotopic (exact) mass is 232 g/mol. The number of nitrogens with zero attached hydrogens (tertiary/aromatic N) is 1. The predicted octanol–water partition coefficient (Wildman–Crippen LogP) is 3.80. The van der Waals surface area contributed by atoms with Crippen molar-refractivity contribution in [3.8, 4) is 10.6 Å². The van der Waals surface area contributed by atoms with Crippen LogP contribution in [0, 0.1) is 0 Å². The van der Waals surface area contributed by atoms with Crippen molar-refractivity contribution in [3.05, 3.63) is 35.3 Å². The molecule has 0 saturated heterocycles. The minimum Gasteiger partial charge on any atom is -0.388 e. The van der Waals surface area contributed by atoms with E-state index in [1.807, 2.05) is 7.05 Å². The van der Waals surface area contributed by atoms with Crippen LogP contribution in [0.1, 0.15) is 19.0 Å². The van der Waals surface area contributed by atoms with Crippen LogP contribution in [-0.2, 0) is 6.42 Å². The highest BCUT2D eigenvalue weighted by atomic mass is 32.1. The van der Waals surface area contributed by atoms with Crippen molar-refractivity contribution in [2.24, 2.45) is 0 Å². The Bertz CT molecular complexity index is 462.